The van der Waals surface area contributed by atoms with Gasteiger partial charge in [0.25, 0.3) is 11.8 Å². The number of amides is 2. The third-order valence-corrected chi connectivity index (χ3v) is 4.88. The molecule has 0 spiro atoms. The second kappa shape index (κ2) is 7.15. The first-order valence-electron chi connectivity index (χ1n) is 7.49. The zero-order valence-electron chi connectivity index (χ0n) is 12.8. The van der Waals surface area contributed by atoms with Gasteiger partial charge in [0.05, 0.1) is 16.5 Å². The minimum absolute atomic E-state index is 0.229. The summed E-state index contributed by atoms with van der Waals surface area (Å²) in [5, 5.41) is 8.71. The van der Waals surface area contributed by atoms with Crippen LogP contribution in [0.3, 0.4) is 0 Å². The van der Waals surface area contributed by atoms with Gasteiger partial charge in [-0.3, -0.25) is 20.4 Å². The van der Waals surface area contributed by atoms with E-state index in [0.717, 1.165) is 19.3 Å². The number of ether oxygens (including phenoxy) is 1. The third kappa shape index (κ3) is 3.73. The van der Waals surface area contributed by atoms with E-state index in [1.165, 1.54) is 21.8 Å². The van der Waals surface area contributed by atoms with Crippen molar-refractivity contribution in [2.45, 2.75) is 19.3 Å². The third-order valence-electron chi connectivity index (χ3n) is 3.64. The number of fused-ring (bicyclic) bond motifs is 1. The number of nitrogens with zero attached hydrogens (tertiary/aromatic N) is 1. The summed E-state index contributed by atoms with van der Waals surface area (Å²) in [6.45, 7) is -0.229. The molecule has 0 saturated heterocycles. The zero-order valence-corrected chi connectivity index (χ0v) is 13.6. The molecular formula is C17H15N3O3S. The zero-order chi connectivity index (χ0) is 16.9. The molecule has 0 radical (unpaired) electrons. The normalized spacial score (nSPS) is 12.1. The van der Waals surface area contributed by atoms with Crippen LogP contribution in [0, 0.1) is 11.3 Å². The van der Waals surface area contributed by atoms with Crippen molar-refractivity contribution < 1.29 is 14.3 Å². The first-order valence-corrected chi connectivity index (χ1v) is 8.31. The number of hydrazine groups is 1. The Balaban J connectivity index is 1.44. The van der Waals surface area contributed by atoms with Crippen LogP contribution >= 0.6 is 11.3 Å². The predicted octanol–water partition coefficient (Wildman–Crippen LogP) is 1.95. The molecule has 1 heterocycles. The van der Waals surface area contributed by atoms with Gasteiger partial charge in [-0.05, 0) is 55.2 Å². The van der Waals surface area contributed by atoms with Gasteiger partial charge < -0.3 is 4.74 Å². The Morgan fingerprint density at radius 2 is 2.00 bits per heavy atom. The maximum absolute atomic E-state index is 12.0. The highest BCUT2D eigenvalue weighted by molar-refractivity contribution is 7.14. The highest BCUT2D eigenvalue weighted by atomic mass is 32.1. The standard InChI is InChI=1S/C17H15N3O3S/c18-9-11-4-6-13(7-5-11)23-10-16(21)19-20-17(22)15-8-12-2-1-3-14(12)24-15/h4-8H,1-3,10H2,(H,19,21)(H,20,22). The number of carbonyl (C=O) groups is 2. The maximum Gasteiger partial charge on any atom is 0.279 e. The summed E-state index contributed by atoms with van der Waals surface area (Å²) in [4.78, 5) is 25.6. The van der Waals surface area contributed by atoms with E-state index in [1.807, 2.05) is 12.1 Å². The molecule has 3 rings (SSSR count). The molecule has 1 aromatic carbocycles. The van der Waals surface area contributed by atoms with Gasteiger partial charge in [0.15, 0.2) is 6.61 Å². The van der Waals surface area contributed by atoms with Crippen molar-refractivity contribution in [1.82, 2.24) is 10.9 Å². The molecule has 0 atom stereocenters. The van der Waals surface area contributed by atoms with Crippen LogP contribution in [0.1, 0.15) is 32.1 Å². The minimum Gasteiger partial charge on any atom is -0.484 e. The van der Waals surface area contributed by atoms with Crippen molar-refractivity contribution in [2.24, 2.45) is 0 Å². The van der Waals surface area contributed by atoms with Crippen LogP contribution in [0.15, 0.2) is 30.3 Å². The molecule has 1 aliphatic carbocycles. The number of benzene rings is 1. The van der Waals surface area contributed by atoms with Crippen LogP contribution < -0.4 is 15.6 Å². The molecule has 0 aliphatic heterocycles. The summed E-state index contributed by atoms with van der Waals surface area (Å²) in [5.74, 6) is -0.303. The van der Waals surface area contributed by atoms with E-state index in [-0.39, 0.29) is 12.5 Å². The summed E-state index contributed by atoms with van der Waals surface area (Å²) >= 11 is 1.47. The topological polar surface area (TPSA) is 91.2 Å². The number of hydrogen-bond donors (Lipinski definition) is 2. The fourth-order valence-electron chi connectivity index (χ4n) is 2.44. The summed E-state index contributed by atoms with van der Waals surface area (Å²) in [5.41, 5.74) is 6.47. The van der Waals surface area contributed by atoms with E-state index in [9.17, 15) is 9.59 Å². The minimum atomic E-state index is -0.461. The summed E-state index contributed by atoms with van der Waals surface area (Å²) in [6, 6.07) is 10.3. The maximum atomic E-state index is 12.0. The van der Waals surface area contributed by atoms with E-state index in [0.29, 0.717) is 16.2 Å². The molecule has 2 aromatic rings. The van der Waals surface area contributed by atoms with E-state index in [1.54, 1.807) is 24.3 Å². The van der Waals surface area contributed by atoms with Crippen LogP contribution in [-0.4, -0.2) is 18.4 Å². The van der Waals surface area contributed by atoms with Crippen molar-refractivity contribution in [1.29, 1.82) is 5.26 Å². The Labute approximate surface area is 143 Å². The molecule has 0 unspecified atom stereocenters. The van der Waals surface area contributed by atoms with Gasteiger partial charge in [-0.15, -0.1) is 11.3 Å². The van der Waals surface area contributed by atoms with Crippen LogP contribution in [0.5, 0.6) is 5.75 Å². The van der Waals surface area contributed by atoms with Gasteiger partial charge in [-0.1, -0.05) is 0 Å². The van der Waals surface area contributed by atoms with Crippen molar-refractivity contribution in [3.8, 4) is 11.8 Å². The number of nitriles is 1. The monoisotopic (exact) mass is 341 g/mol. The molecule has 1 aromatic heterocycles. The lowest BCUT2D eigenvalue weighted by molar-refractivity contribution is -0.123. The Morgan fingerprint density at radius 3 is 2.71 bits per heavy atom. The van der Waals surface area contributed by atoms with Gasteiger partial charge in [-0.2, -0.15) is 5.26 Å². The lowest BCUT2D eigenvalue weighted by Gasteiger charge is -2.08. The summed E-state index contributed by atoms with van der Waals surface area (Å²) < 4.78 is 5.28. The Morgan fingerprint density at radius 1 is 1.21 bits per heavy atom. The van der Waals surface area contributed by atoms with E-state index in [4.69, 9.17) is 10.00 Å². The highest BCUT2D eigenvalue weighted by Gasteiger charge is 2.18. The Bertz CT molecular complexity index is 784. The average molecular weight is 341 g/mol. The van der Waals surface area contributed by atoms with Crippen LogP contribution in [0.4, 0.5) is 0 Å². The fraction of sp³-hybridized carbons (Fsp3) is 0.235. The number of hydrogen-bond acceptors (Lipinski definition) is 5. The van der Waals surface area contributed by atoms with Crippen LogP contribution in [-0.2, 0) is 17.6 Å². The molecular weight excluding hydrogens is 326 g/mol. The van der Waals surface area contributed by atoms with E-state index >= 15 is 0 Å². The molecule has 2 N–H and O–H groups in total. The van der Waals surface area contributed by atoms with Crippen molar-refractivity contribution in [3.05, 3.63) is 51.2 Å². The smallest absolute Gasteiger partial charge is 0.279 e. The lowest BCUT2D eigenvalue weighted by atomic mass is 10.2. The first-order chi connectivity index (χ1) is 11.7. The molecule has 0 saturated carbocycles. The second-order valence-corrected chi connectivity index (χ2v) is 6.48. The molecule has 2 amide bonds. The second-order valence-electron chi connectivity index (χ2n) is 5.34. The molecule has 24 heavy (non-hydrogen) atoms. The van der Waals surface area contributed by atoms with E-state index < -0.39 is 5.91 Å². The predicted molar refractivity (Wildman–Crippen MR) is 88.6 cm³/mol. The number of carbonyl (C=O) groups excluding carboxylic acids is 2. The van der Waals surface area contributed by atoms with Crippen LogP contribution in [0.25, 0.3) is 0 Å². The Kier molecular flexibility index (Phi) is 4.77. The number of aryl methyl sites for hydroxylation is 2. The molecule has 6 nitrogen and oxygen atoms in total. The number of rotatable bonds is 4. The number of thiophene rings is 1. The first kappa shape index (κ1) is 16.0. The van der Waals surface area contributed by atoms with Gasteiger partial charge in [0.1, 0.15) is 5.75 Å². The van der Waals surface area contributed by atoms with Gasteiger partial charge in [0, 0.05) is 4.88 Å². The van der Waals surface area contributed by atoms with E-state index in [2.05, 4.69) is 10.9 Å². The fourth-order valence-corrected chi connectivity index (χ4v) is 3.59. The molecule has 1 aliphatic rings. The van der Waals surface area contributed by atoms with Gasteiger partial charge >= 0.3 is 0 Å². The Hall–Kier alpha value is -2.85. The molecule has 0 fully saturated rings. The average Bonchev–Trinajstić information content (AvgIpc) is 3.20. The van der Waals surface area contributed by atoms with Crippen molar-refractivity contribution in [3.63, 3.8) is 0 Å². The van der Waals surface area contributed by atoms with Crippen LogP contribution in [0.2, 0.25) is 0 Å². The van der Waals surface area contributed by atoms with Crippen molar-refractivity contribution >= 4 is 23.2 Å². The van der Waals surface area contributed by atoms with Gasteiger partial charge in [0.2, 0.25) is 0 Å². The highest BCUT2D eigenvalue weighted by Crippen LogP contribution is 2.30. The molecule has 0 bridgehead atoms. The summed E-state index contributed by atoms with van der Waals surface area (Å²) in [6.07, 6.45) is 3.19. The SMILES string of the molecule is N#Cc1ccc(OCC(=O)NNC(=O)c2cc3c(s2)CCC3)cc1. The van der Waals surface area contributed by atoms with Gasteiger partial charge in [-0.25, -0.2) is 0 Å². The van der Waals surface area contributed by atoms with Crippen molar-refractivity contribution in [2.75, 3.05) is 6.61 Å². The molecule has 7 heteroatoms. The number of nitrogens with one attached hydrogen (secondary N) is 2. The molecule has 122 valence electrons. The lowest BCUT2D eigenvalue weighted by Crippen LogP contribution is -2.43. The summed E-state index contributed by atoms with van der Waals surface area (Å²) in [7, 11) is 0. The largest absolute Gasteiger partial charge is 0.484 e. The quantitative estimate of drug-likeness (QED) is 0.832.